The Morgan fingerprint density at radius 2 is 2.19 bits per heavy atom. The van der Waals surface area contributed by atoms with Crippen LogP contribution in [0.15, 0.2) is 28.9 Å². The van der Waals surface area contributed by atoms with Crippen molar-refractivity contribution in [2.75, 3.05) is 5.32 Å². The average molecular weight is 286 g/mol. The first-order valence-electron chi connectivity index (χ1n) is 7.26. The first kappa shape index (κ1) is 13.7. The number of aromatic nitrogens is 1. The van der Waals surface area contributed by atoms with Gasteiger partial charge < -0.3 is 14.8 Å². The SMILES string of the molecule is O=C(O)c1cc2c(nc1NCc1ccco1)CCCCC2. The summed E-state index contributed by atoms with van der Waals surface area (Å²) in [5.41, 5.74) is 2.34. The predicted molar refractivity (Wildman–Crippen MR) is 78.5 cm³/mol. The number of hydrogen-bond donors (Lipinski definition) is 2. The van der Waals surface area contributed by atoms with Gasteiger partial charge in [0.25, 0.3) is 0 Å². The van der Waals surface area contributed by atoms with Crippen LogP contribution in [0.3, 0.4) is 0 Å². The molecule has 2 aromatic rings. The molecule has 3 rings (SSSR count). The molecule has 0 aliphatic heterocycles. The van der Waals surface area contributed by atoms with Gasteiger partial charge in [-0.2, -0.15) is 0 Å². The zero-order valence-electron chi connectivity index (χ0n) is 11.8. The molecule has 0 saturated carbocycles. The van der Waals surface area contributed by atoms with Gasteiger partial charge in [0.15, 0.2) is 0 Å². The van der Waals surface area contributed by atoms with Crippen molar-refractivity contribution >= 4 is 11.8 Å². The lowest BCUT2D eigenvalue weighted by Crippen LogP contribution is -2.11. The van der Waals surface area contributed by atoms with E-state index in [0.717, 1.165) is 42.7 Å². The van der Waals surface area contributed by atoms with Crippen molar-refractivity contribution in [1.29, 1.82) is 0 Å². The second-order valence-corrected chi connectivity index (χ2v) is 5.29. The van der Waals surface area contributed by atoms with Gasteiger partial charge in [0.05, 0.1) is 12.8 Å². The topological polar surface area (TPSA) is 75.4 Å². The van der Waals surface area contributed by atoms with Crippen LogP contribution >= 0.6 is 0 Å². The molecule has 0 amide bonds. The fourth-order valence-electron chi connectivity index (χ4n) is 2.69. The number of carboxylic acids is 1. The molecule has 0 atom stereocenters. The number of furan rings is 1. The third-order valence-electron chi connectivity index (χ3n) is 3.79. The molecule has 0 aromatic carbocycles. The molecule has 110 valence electrons. The van der Waals surface area contributed by atoms with Gasteiger partial charge in [0.1, 0.15) is 17.1 Å². The van der Waals surface area contributed by atoms with Gasteiger partial charge in [-0.15, -0.1) is 0 Å². The molecule has 2 N–H and O–H groups in total. The lowest BCUT2D eigenvalue weighted by molar-refractivity contribution is 0.0697. The van der Waals surface area contributed by atoms with Crippen LogP contribution in [0.2, 0.25) is 0 Å². The monoisotopic (exact) mass is 286 g/mol. The van der Waals surface area contributed by atoms with E-state index in [9.17, 15) is 9.90 Å². The van der Waals surface area contributed by atoms with Crippen LogP contribution in [0.5, 0.6) is 0 Å². The Morgan fingerprint density at radius 3 is 2.95 bits per heavy atom. The molecule has 5 nitrogen and oxygen atoms in total. The number of nitrogens with one attached hydrogen (secondary N) is 1. The summed E-state index contributed by atoms with van der Waals surface area (Å²) in [7, 11) is 0. The highest BCUT2D eigenvalue weighted by atomic mass is 16.4. The van der Waals surface area contributed by atoms with Crippen molar-refractivity contribution < 1.29 is 14.3 Å². The minimum Gasteiger partial charge on any atom is -0.478 e. The number of nitrogens with zero attached hydrogens (tertiary/aromatic N) is 1. The Hall–Kier alpha value is -2.30. The van der Waals surface area contributed by atoms with Crippen molar-refractivity contribution in [2.45, 2.75) is 38.6 Å². The van der Waals surface area contributed by atoms with E-state index in [1.165, 1.54) is 6.42 Å². The minimum absolute atomic E-state index is 0.238. The molecule has 0 saturated heterocycles. The van der Waals surface area contributed by atoms with Gasteiger partial charge in [-0.05, 0) is 49.4 Å². The maximum atomic E-state index is 11.5. The van der Waals surface area contributed by atoms with Crippen molar-refractivity contribution in [2.24, 2.45) is 0 Å². The molecule has 0 unspecified atom stereocenters. The van der Waals surface area contributed by atoms with E-state index in [2.05, 4.69) is 10.3 Å². The zero-order valence-corrected chi connectivity index (χ0v) is 11.8. The van der Waals surface area contributed by atoms with E-state index in [4.69, 9.17) is 4.42 Å². The van der Waals surface area contributed by atoms with Gasteiger partial charge >= 0.3 is 5.97 Å². The summed E-state index contributed by atoms with van der Waals surface area (Å²) in [5, 5.41) is 12.5. The summed E-state index contributed by atoms with van der Waals surface area (Å²) in [5.74, 6) is 0.235. The number of fused-ring (bicyclic) bond motifs is 1. The molecule has 0 radical (unpaired) electrons. The third kappa shape index (κ3) is 3.07. The van der Waals surface area contributed by atoms with Crippen LogP contribution in [0.4, 0.5) is 5.82 Å². The number of aryl methyl sites for hydroxylation is 2. The second kappa shape index (κ2) is 5.99. The smallest absolute Gasteiger partial charge is 0.339 e. The van der Waals surface area contributed by atoms with E-state index in [0.29, 0.717) is 12.4 Å². The van der Waals surface area contributed by atoms with E-state index in [-0.39, 0.29) is 5.56 Å². The summed E-state index contributed by atoms with van der Waals surface area (Å²) in [6.45, 7) is 0.430. The van der Waals surface area contributed by atoms with Crippen molar-refractivity contribution in [3.63, 3.8) is 0 Å². The van der Waals surface area contributed by atoms with Crippen LogP contribution < -0.4 is 5.32 Å². The second-order valence-electron chi connectivity index (χ2n) is 5.29. The molecule has 0 fully saturated rings. The average Bonchev–Trinajstić information content (AvgIpc) is 2.88. The van der Waals surface area contributed by atoms with E-state index in [1.54, 1.807) is 18.4 Å². The molecular weight excluding hydrogens is 268 g/mol. The Kier molecular flexibility index (Phi) is 3.90. The Labute approximate surface area is 123 Å². The van der Waals surface area contributed by atoms with Gasteiger partial charge in [-0.3, -0.25) is 0 Å². The maximum absolute atomic E-state index is 11.5. The molecule has 0 bridgehead atoms. The Morgan fingerprint density at radius 1 is 1.33 bits per heavy atom. The molecule has 1 aliphatic rings. The largest absolute Gasteiger partial charge is 0.478 e. The minimum atomic E-state index is -0.948. The van der Waals surface area contributed by atoms with Gasteiger partial charge in [-0.25, -0.2) is 9.78 Å². The van der Waals surface area contributed by atoms with Crippen LogP contribution in [0, 0.1) is 0 Å². The number of pyridine rings is 1. The highest BCUT2D eigenvalue weighted by Crippen LogP contribution is 2.24. The number of anilines is 1. The highest BCUT2D eigenvalue weighted by Gasteiger charge is 2.18. The first-order chi connectivity index (χ1) is 10.2. The molecule has 0 spiro atoms. The number of aromatic carboxylic acids is 1. The Balaban J connectivity index is 1.89. The molecule has 2 heterocycles. The highest BCUT2D eigenvalue weighted by molar-refractivity contribution is 5.93. The van der Waals surface area contributed by atoms with Gasteiger partial charge in [-0.1, -0.05) is 6.42 Å². The van der Waals surface area contributed by atoms with E-state index >= 15 is 0 Å². The number of carbonyl (C=O) groups is 1. The molecule has 1 aliphatic carbocycles. The quantitative estimate of drug-likeness (QED) is 0.844. The lowest BCUT2D eigenvalue weighted by atomic mass is 10.1. The van der Waals surface area contributed by atoms with Crippen LogP contribution in [-0.2, 0) is 19.4 Å². The number of rotatable bonds is 4. The zero-order chi connectivity index (χ0) is 14.7. The number of carboxylic acid groups (broad SMARTS) is 1. The summed E-state index contributed by atoms with van der Waals surface area (Å²) in [4.78, 5) is 16.0. The molecule has 21 heavy (non-hydrogen) atoms. The van der Waals surface area contributed by atoms with Crippen molar-refractivity contribution in [3.8, 4) is 0 Å². The van der Waals surface area contributed by atoms with Gasteiger partial charge in [0, 0.05) is 5.69 Å². The summed E-state index contributed by atoms with van der Waals surface area (Å²) in [6.07, 6.45) is 6.83. The fourth-order valence-corrected chi connectivity index (χ4v) is 2.69. The standard InChI is InChI=1S/C16H18N2O3/c19-16(20)13-9-11-5-2-1-3-7-14(11)18-15(13)17-10-12-6-4-8-21-12/h4,6,8-9H,1-3,5,7,10H2,(H,17,18)(H,19,20). The van der Waals surface area contributed by atoms with E-state index in [1.807, 2.05) is 6.07 Å². The fraction of sp³-hybridized carbons (Fsp3) is 0.375. The summed E-state index contributed by atoms with van der Waals surface area (Å²) < 4.78 is 5.25. The maximum Gasteiger partial charge on any atom is 0.339 e. The van der Waals surface area contributed by atoms with E-state index < -0.39 is 5.97 Å². The van der Waals surface area contributed by atoms with Gasteiger partial charge in [0.2, 0.25) is 0 Å². The number of hydrogen-bond acceptors (Lipinski definition) is 4. The molecular formula is C16H18N2O3. The van der Waals surface area contributed by atoms with Crippen molar-refractivity contribution in [3.05, 3.63) is 47.0 Å². The normalized spacial score (nSPS) is 14.3. The summed E-state index contributed by atoms with van der Waals surface area (Å²) >= 11 is 0. The lowest BCUT2D eigenvalue weighted by Gasteiger charge is -2.12. The van der Waals surface area contributed by atoms with Crippen LogP contribution in [0.1, 0.15) is 46.6 Å². The van der Waals surface area contributed by atoms with Crippen molar-refractivity contribution in [1.82, 2.24) is 4.98 Å². The molecule has 2 aromatic heterocycles. The van der Waals surface area contributed by atoms with Crippen LogP contribution in [-0.4, -0.2) is 16.1 Å². The summed E-state index contributed by atoms with van der Waals surface area (Å²) in [6, 6.07) is 5.43. The molecule has 5 heteroatoms. The third-order valence-corrected chi connectivity index (χ3v) is 3.79. The Bertz CT molecular complexity index is 635. The predicted octanol–water partition coefficient (Wildman–Crippen LogP) is 3.25. The first-order valence-corrected chi connectivity index (χ1v) is 7.26. The van der Waals surface area contributed by atoms with Crippen LogP contribution in [0.25, 0.3) is 0 Å².